The van der Waals surface area contributed by atoms with Crippen LogP contribution in [-0.2, 0) is 4.79 Å². The summed E-state index contributed by atoms with van der Waals surface area (Å²) in [5, 5.41) is 25.3. The molecule has 0 fully saturated rings. The highest BCUT2D eigenvalue weighted by molar-refractivity contribution is 6.20. The van der Waals surface area contributed by atoms with Crippen LogP contribution in [0.3, 0.4) is 0 Å². The fourth-order valence-electron chi connectivity index (χ4n) is 2.15. The van der Waals surface area contributed by atoms with Gasteiger partial charge in [-0.1, -0.05) is 6.07 Å². The molecule has 1 aliphatic rings. The molecule has 1 aromatic heterocycles. The molecule has 9 heteroatoms. The van der Waals surface area contributed by atoms with Crippen molar-refractivity contribution in [1.29, 1.82) is 5.26 Å². The number of hydrogen-bond acceptors (Lipinski definition) is 7. The van der Waals surface area contributed by atoms with Crippen LogP contribution in [0.2, 0.25) is 0 Å². The van der Waals surface area contributed by atoms with Gasteiger partial charge in [0, 0.05) is 11.9 Å². The van der Waals surface area contributed by atoms with Crippen molar-refractivity contribution in [2.24, 2.45) is 4.99 Å². The summed E-state index contributed by atoms with van der Waals surface area (Å²) < 4.78 is 0. The molecule has 9 nitrogen and oxygen atoms in total. The molecule has 3 rings (SSSR count). The van der Waals surface area contributed by atoms with E-state index in [0.717, 1.165) is 0 Å². The predicted molar refractivity (Wildman–Crippen MR) is 83.3 cm³/mol. The number of aromatic amines is 1. The number of tetrazole rings is 1. The Hall–Kier alpha value is -3.54. The summed E-state index contributed by atoms with van der Waals surface area (Å²) in [5.41, 5.74) is 1.66. The van der Waals surface area contributed by atoms with E-state index in [1.165, 1.54) is 6.20 Å². The minimum absolute atomic E-state index is 0.0697. The standard InChI is InChI=1S/C14H12N8O/c1-9-16-8-13(23)22(9)12-4-2-3-11(5-12)17-7-10(6-15)14-18-20-21-19-14/h2-5,7,17H,8H2,1H3,(H,18,19,20,21). The van der Waals surface area contributed by atoms with Crippen molar-refractivity contribution in [3.8, 4) is 6.07 Å². The first kappa shape index (κ1) is 14.4. The first-order chi connectivity index (χ1) is 11.2. The van der Waals surface area contributed by atoms with Gasteiger partial charge in [0.2, 0.25) is 5.82 Å². The third-order valence-corrected chi connectivity index (χ3v) is 3.21. The van der Waals surface area contributed by atoms with Gasteiger partial charge in [-0.3, -0.25) is 14.7 Å². The molecule has 1 aliphatic heterocycles. The van der Waals surface area contributed by atoms with Gasteiger partial charge in [0.15, 0.2) is 0 Å². The number of aliphatic imine (C=N–C) groups is 1. The number of aromatic nitrogens is 4. The van der Waals surface area contributed by atoms with E-state index < -0.39 is 0 Å². The van der Waals surface area contributed by atoms with Crippen molar-refractivity contribution in [3.05, 3.63) is 36.3 Å². The van der Waals surface area contributed by atoms with Gasteiger partial charge >= 0.3 is 0 Å². The first-order valence-corrected chi connectivity index (χ1v) is 6.74. The largest absolute Gasteiger partial charge is 0.360 e. The summed E-state index contributed by atoms with van der Waals surface area (Å²) in [5.74, 6) is 0.792. The summed E-state index contributed by atoms with van der Waals surface area (Å²) in [4.78, 5) is 17.5. The third kappa shape index (κ3) is 2.91. The lowest BCUT2D eigenvalue weighted by Gasteiger charge is -2.17. The van der Waals surface area contributed by atoms with Crippen LogP contribution in [0.5, 0.6) is 0 Å². The Labute approximate surface area is 131 Å². The quantitative estimate of drug-likeness (QED) is 0.810. The topological polar surface area (TPSA) is 123 Å². The molecule has 2 aromatic rings. The average molecular weight is 308 g/mol. The van der Waals surface area contributed by atoms with Gasteiger partial charge < -0.3 is 5.32 Å². The maximum atomic E-state index is 11.9. The number of allylic oxidation sites excluding steroid dienone is 1. The van der Waals surface area contributed by atoms with Crippen LogP contribution in [0.1, 0.15) is 12.7 Å². The van der Waals surface area contributed by atoms with Crippen molar-refractivity contribution in [2.45, 2.75) is 6.92 Å². The highest BCUT2D eigenvalue weighted by Gasteiger charge is 2.23. The van der Waals surface area contributed by atoms with Crippen LogP contribution in [-0.4, -0.2) is 38.9 Å². The lowest BCUT2D eigenvalue weighted by atomic mass is 10.2. The van der Waals surface area contributed by atoms with Crippen LogP contribution >= 0.6 is 0 Å². The fraction of sp³-hybridized carbons (Fsp3) is 0.143. The molecule has 0 saturated carbocycles. The molecule has 2 N–H and O–H groups in total. The molecule has 0 aliphatic carbocycles. The molecule has 1 amide bonds. The molecule has 0 atom stereocenters. The summed E-state index contributed by atoms with van der Waals surface area (Å²) in [6.45, 7) is 1.95. The summed E-state index contributed by atoms with van der Waals surface area (Å²) in [6, 6.07) is 9.23. The molecular weight excluding hydrogens is 296 g/mol. The number of carbonyl (C=O) groups excluding carboxylic acids is 1. The number of nitriles is 1. The second-order valence-corrected chi connectivity index (χ2v) is 4.69. The average Bonchev–Trinajstić information content (AvgIpc) is 3.19. The van der Waals surface area contributed by atoms with E-state index in [4.69, 9.17) is 5.26 Å². The van der Waals surface area contributed by atoms with Crippen LogP contribution < -0.4 is 10.2 Å². The van der Waals surface area contributed by atoms with Crippen molar-refractivity contribution in [2.75, 3.05) is 16.8 Å². The van der Waals surface area contributed by atoms with Gasteiger partial charge in [0.1, 0.15) is 24.0 Å². The second-order valence-electron chi connectivity index (χ2n) is 4.69. The fourth-order valence-corrected chi connectivity index (χ4v) is 2.15. The van der Waals surface area contributed by atoms with Gasteiger partial charge in [-0.15, -0.1) is 10.2 Å². The van der Waals surface area contributed by atoms with Gasteiger partial charge in [-0.25, -0.2) is 0 Å². The Morgan fingerprint density at radius 2 is 2.39 bits per heavy atom. The maximum absolute atomic E-state index is 11.9. The van der Waals surface area contributed by atoms with E-state index in [-0.39, 0.29) is 23.8 Å². The molecule has 0 radical (unpaired) electrons. The highest BCUT2D eigenvalue weighted by atomic mass is 16.2. The van der Waals surface area contributed by atoms with E-state index in [1.807, 2.05) is 24.3 Å². The van der Waals surface area contributed by atoms with Crippen molar-refractivity contribution >= 4 is 28.7 Å². The van der Waals surface area contributed by atoms with Crippen molar-refractivity contribution in [1.82, 2.24) is 20.6 Å². The number of rotatable bonds is 4. The van der Waals surface area contributed by atoms with E-state index in [9.17, 15) is 4.79 Å². The number of H-pyrrole nitrogens is 1. The number of hydrogen-bond donors (Lipinski definition) is 2. The number of nitrogens with one attached hydrogen (secondary N) is 2. The van der Waals surface area contributed by atoms with Crippen LogP contribution in [0, 0.1) is 11.3 Å². The summed E-state index contributed by atoms with van der Waals surface area (Å²) in [6.07, 6.45) is 1.48. The Morgan fingerprint density at radius 1 is 1.52 bits per heavy atom. The van der Waals surface area contributed by atoms with E-state index in [0.29, 0.717) is 17.2 Å². The van der Waals surface area contributed by atoms with Crippen LogP contribution in [0.25, 0.3) is 5.57 Å². The monoisotopic (exact) mass is 308 g/mol. The molecule has 23 heavy (non-hydrogen) atoms. The number of carbonyl (C=O) groups is 1. The van der Waals surface area contributed by atoms with Crippen LogP contribution in [0.4, 0.5) is 11.4 Å². The number of amidine groups is 1. The zero-order valence-electron chi connectivity index (χ0n) is 12.2. The minimum atomic E-state index is -0.0697. The zero-order valence-corrected chi connectivity index (χ0v) is 12.2. The molecule has 0 saturated heterocycles. The highest BCUT2D eigenvalue weighted by Crippen LogP contribution is 2.23. The molecule has 2 heterocycles. The second kappa shape index (κ2) is 6.07. The molecule has 0 unspecified atom stereocenters. The molecule has 0 bridgehead atoms. The zero-order chi connectivity index (χ0) is 16.2. The number of nitrogens with zero attached hydrogens (tertiary/aromatic N) is 6. The van der Waals surface area contributed by atoms with Gasteiger partial charge in [-0.2, -0.15) is 10.5 Å². The van der Waals surface area contributed by atoms with Crippen LogP contribution in [0.15, 0.2) is 35.5 Å². The van der Waals surface area contributed by atoms with E-state index in [1.54, 1.807) is 17.9 Å². The third-order valence-electron chi connectivity index (χ3n) is 3.21. The van der Waals surface area contributed by atoms with Crippen molar-refractivity contribution < 1.29 is 4.79 Å². The van der Waals surface area contributed by atoms with Gasteiger partial charge in [0.25, 0.3) is 5.91 Å². The Balaban J connectivity index is 1.82. The van der Waals surface area contributed by atoms with Gasteiger partial charge in [-0.05, 0) is 30.3 Å². The summed E-state index contributed by atoms with van der Waals surface area (Å²) >= 11 is 0. The van der Waals surface area contributed by atoms with Crippen molar-refractivity contribution in [3.63, 3.8) is 0 Å². The predicted octanol–water partition coefficient (Wildman–Crippen LogP) is 0.941. The smallest absolute Gasteiger partial charge is 0.254 e. The number of anilines is 2. The maximum Gasteiger partial charge on any atom is 0.254 e. The minimum Gasteiger partial charge on any atom is -0.360 e. The molecule has 1 aromatic carbocycles. The Kier molecular flexibility index (Phi) is 3.80. The number of benzene rings is 1. The first-order valence-electron chi connectivity index (χ1n) is 6.74. The SMILES string of the molecule is CC1=NCC(=O)N1c1cccc(NC=C(C#N)c2nn[nH]n2)c1. The number of amides is 1. The van der Waals surface area contributed by atoms with E-state index in [2.05, 4.69) is 30.9 Å². The normalized spacial score (nSPS) is 14.6. The molecule has 0 spiro atoms. The Bertz CT molecular complexity index is 831. The van der Waals surface area contributed by atoms with E-state index >= 15 is 0 Å². The molecule has 114 valence electrons. The summed E-state index contributed by atoms with van der Waals surface area (Å²) in [7, 11) is 0. The lowest BCUT2D eigenvalue weighted by molar-refractivity contribution is -0.115. The molecular formula is C14H12N8O. The lowest BCUT2D eigenvalue weighted by Crippen LogP contribution is -2.30. The van der Waals surface area contributed by atoms with Gasteiger partial charge in [0.05, 0.1) is 5.69 Å². The Morgan fingerprint density at radius 3 is 3.04 bits per heavy atom.